The lowest BCUT2D eigenvalue weighted by atomic mass is 9.81. The van der Waals surface area contributed by atoms with Crippen molar-refractivity contribution in [3.8, 4) is 0 Å². The lowest BCUT2D eigenvalue weighted by Crippen LogP contribution is -2.59. The molecule has 3 rings (SSSR count). The van der Waals surface area contributed by atoms with Crippen molar-refractivity contribution in [3.63, 3.8) is 0 Å². The number of aliphatic hydroxyl groups is 1. The molecular weight excluding hydrogens is 102 g/mol. The van der Waals surface area contributed by atoms with Crippen LogP contribution in [0.15, 0.2) is 0 Å². The third-order valence-corrected chi connectivity index (χ3v) is 2.15. The smallest absolute Gasteiger partial charge is 0.0569 e. The second kappa shape index (κ2) is 1.45. The Balaban J connectivity index is 1.97. The van der Waals surface area contributed by atoms with Crippen LogP contribution in [0.4, 0.5) is 0 Å². The molecule has 0 aromatic heterocycles. The predicted octanol–water partition coefficient (Wildman–Crippen LogP) is -0.128. The number of aliphatic hydroxyl groups excluding tert-OH is 1. The van der Waals surface area contributed by atoms with E-state index in [0.717, 1.165) is 12.8 Å². The largest absolute Gasteiger partial charge is 0.393 e. The van der Waals surface area contributed by atoms with Crippen LogP contribution < -0.4 is 5.32 Å². The maximum absolute atomic E-state index is 9.07. The fourth-order valence-corrected chi connectivity index (χ4v) is 1.73. The Morgan fingerprint density at radius 2 is 1.62 bits per heavy atom. The van der Waals surface area contributed by atoms with Crippen molar-refractivity contribution in [1.82, 2.24) is 5.32 Å². The standard InChI is InChI=1S/C6H11NO/c8-6-2-4-1-5(3-6)7-4/h4-8H,1-3H2. The van der Waals surface area contributed by atoms with E-state index < -0.39 is 0 Å². The van der Waals surface area contributed by atoms with Gasteiger partial charge in [0.15, 0.2) is 0 Å². The molecule has 0 aromatic rings. The molecule has 0 radical (unpaired) electrons. The molecule has 0 spiro atoms. The summed E-state index contributed by atoms with van der Waals surface area (Å²) < 4.78 is 0. The van der Waals surface area contributed by atoms with Crippen LogP contribution in [-0.2, 0) is 0 Å². The first kappa shape index (κ1) is 4.77. The molecule has 1 aliphatic carbocycles. The van der Waals surface area contributed by atoms with Gasteiger partial charge in [0.25, 0.3) is 0 Å². The summed E-state index contributed by atoms with van der Waals surface area (Å²) in [5.74, 6) is 0. The van der Waals surface area contributed by atoms with Crippen LogP contribution in [0, 0.1) is 0 Å². The normalized spacial score (nSPS) is 52.9. The maximum atomic E-state index is 9.07. The number of rotatable bonds is 0. The Bertz CT molecular complexity index is 88.7. The van der Waals surface area contributed by atoms with E-state index >= 15 is 0 Å². The fourth-order valence-electron chi connectivity index (χ4n) is 1.73. The second-order valence-corrected chi connectivity index (χ2v) is 2.92. The summed E-state index contributed by atoms with van der Waals surface area (Å²) in [6, 6.07) is 1.31. The second-order valence-electron chi connectivity index (χ2n) is 2.92. The van der Waals surface area contributed by atoms with Gasteiger partial charge in [0.05, 0.1) is 6.10 Å². The molecule has 1 saturated carbocycles. The molecule has 2 nitrogen and oxygen atoms in total. The van der Waals surface area contributed by atoms with Crippen molar-refractivity contribution < 1.29 is 5.11 Å². The zero-order valence-corrected chi connectivity index (χ0v) is 4.80. The van der Waals surface area contributed by atoms with E-state index in [1.165, 1.54) is 6.42 Å². The van der Waals surface area contributed by atoms with Gasteiger partial charge in [0, 0.05) is 12.1 Å². The molecular formula is C6H11NO. The van der Waals surface area contributed by atoms with Gasteiger partial charge in [-0.25, -0.2) is 0 Å². The molecule has 2 atom stereocenters. The van der Waals surface area contributed by atoms with Crippen LogP contribution in [0.1, 0.15) is 19.3 Å². The predicted molar refractivity (Wildman–Crippen MR) is 30.6 cm³/mol. The number of piperidine rings is 1. The summed E-state index contributed by atoms with van der Waals surface area (Å²) in [5.41, 5.74) is 0. The molecule has 3 aliphatic rings. The van der Waals surface area contributed by atoms with Crippen molar-refractivity contribution >= 4 is 0 Å². The molecule has 2 bridgehead atoms. The summed E-state index contributed by atoms with van der Waals surface area (Å²) >= 11 is 0. The first-order chi connectivity index (χ1) is 3.84. The Morgan fingerprint density at radius 3 is 1.88 bits per heavy atom. The molecule has 0 aromatic carbocycles. The van der Waals surface area contributed by atoms with E-state index in [1.807, 2.05) is 0 Å². The molecule has 8 heavy (non-hydrogen) atoms. The van der Waals surface area contributed by atoms with Crippen molar-refractivity contribution in [3.05, 3.63) is 0 Å². The first-order valence-electron chi connectivity index (χ1n) is 3.29. The van der Waals surface area contributed by atoms with Gasteiger partial charge in [-0.3, -0.25) is 0 Å². The van der Waals surface area contributed by atoms with Crippen molar-refractivity contribution in [1.29, 1.82) is 0 Å². The van der Waals surface area contributed by atoms with Crippen LogP contribution in [-0.4, -0.2) is 23.3 Å². The van der Waals surface area contributed by atoms with E-state index in [4.69, 9.17) is 5.11 Å². The Morgan fingerprint density at radius 1 is 1.12 bits per heavy atom. The highest BCUT2D eigenvalue weighted by Gasteiger charge is 2.36. The van der Waals surface area contributed by atoms with Crippen molar-refractivity contribution in [2.75, 3.05) is 0 Å². The first-order valence-corrected chi connectivity index (χ1v) is 3.29. The number of nitrogens with one attached hydrogen (secondary N) is 1. The summed E-state index contributed by atoms with van der Waals surface area (Å²) in [5, 5.41) is 12.4. The monoisotopic (exact) mass is 113 g/mol. The summed E-state index contributed by atoms with van der Waals surface area (Å²) in [4.78, 5) is 0. The SMILES string of the molecule is OC1CC2CC(C1)N2. The van der Waals surface area contributed by atoms with Gasteiger partial charge >= 0.3 is 0 Å². The van der Waals surface area contributed by atoms with Crippen molar-refractivity contribution in [2.45, 2.75) is 37.5 Å². The fraction of sp³-hybridized carbons (Fsp3) is 1.00. The zero-order chi connectivity index (χ0) is 5.56. The van der Waals surface area contributed by atoms with Gasteiger partial charge in [0.2, 0.25) is 0 Å². The number of hydrogen-bond donors (Lipinski definition) is 2. The van der Waals surface area contributed by atoms with E-state index in [1.54, 1.807) is 0 Å². The number of hydrogen-bond acceptors (Lipinski definition) is 2. The average Bonchev–Trinajstić information content (AvgIpc) is 1.62. The Hall–Kier alpha value is -0.0800. The van der Waals surface area contributed by atoms with E-state index in [9.17, 15) is 0 Å². The minimum absolute atomic E-state index is 0.000000000000000444. The van der Waals surface area contributed by atoms with Crippen LogP contribution in [0.2, 0.25) is 0 Å². The van der Waals surface area contributed by atoms with Gasteiger partial charge in [-0.1, -0.05) is 0 Å². The molecule has 3 fully saturated rings. The van der Waals surface area contributed by atoms with Crippen LogP contribution in [0.25, 0.3) is 0 Å². The molecule has 2 N–H and O–H groups in total. The van der Waals surface area contributed by atoms with E-state index in [2.05, 4.69) is 5.32 Å². The molecule has 0 amide bonds. The molecule has 2 aliphatic heterocycles. The summed E-state index contributed by atoms with van der Waals surface area (Å²) in [7, 11) is 0. The maximum Gasteiger partial charge on any atom is 0.0569 e. The average molecular weight is 113 g/mol. The third kappa shape index (κ3) is 0.565. The van der Waals surface area contributed by atoms with Crippen LogP contribution in [0.5, 0.6) is 0 Å². The van der Waals surface area contributed by atoms with Gasteiger partial charge in [-0.15, -0.1) is 0 Å². The zero-order valence-electron chi connectivity index (χ0n) is 4.80. The molecule has 2 saturated heterocycles. The highest BCUT2D eigenvalue weighted by Crippen LogP contribution is 2.27. The quantitative estimate of drug-likeness (QED) is 0.458. The molecule has 2 heterocycles. The van der Waals surface area contributed by atoms with E-state index in [-0.39, 0.29) is 6.10 Å². The number of fused-ring (bicyclic) bond motifs is 2. The minimum atomic E-state index is -0.000000000000000444. The van der Waals surface area contributed by atoms with Crippen LogP contribution in [0.3, 0.4) is 0 Å². The highest BCUT2D eigenvalue weighted by molar-refractivity contribution is 4.96. The lowest BCUT2D eigenvalue weighted by molar-refractivity contribution is 0.0392. The van der Waals surface area contributed by atoms with Gasteiger partial charge < -0.3 is 10.4 Å². The van der Waals surface area contributed by atoms with Gasteiger partial charge in [-0.2, -0.15) is 0 Å². The van der Waals surface area contributed by atoms with Gasteiger partial charge in [0.1, 0.15) is 0 Å². The van der Waals surface area contributed by atoms with Crippen molar-refractivity contribution in [2.24, 2.45) is 0 Å². The Labute approximate surface area is 48.9 Å². The minimum Gasteiger partial charge on any atom is -0.393 e. The summed E-state index contributed by atoms with van der Waals surface area (Å²) in [6.45, 7) is 0. The third-order valence-electron chi connectivity index (χ3n) is 2.15. The van der Waals surface area contributed by atoms with E-state index in [0.29, 0.717) is 12.1 Å². The Kier molecular flexibility index (Phi) is 0.866. The van der Waals surface area contributed by atoms with Gasteiger partial charge in [-0.05, 0) is 19.3 Å². The molecule has 46 valence electrons. The molecule has 2 unspecified atom stereocenters. The highest BCUT2D eigenvalue weighted by atomic mass is 16.3. The topological polar surface area (TPSA) is 32.3 Å². The lowest BCUT2D eigenvalue weighted by Gasteiger charge is -2.44. The van der Waals surface area contributed by atoms with Crippen LogP contribution >= 0.6 is 0 Å². The molecule has 2 heteroatoms. The summed E-state index contributed by atoms with van der Waals surface area (Å²) in [6.07, 6.45) is 3.27.